The van der Waals surface area contributed by atoms with Gasteiger partial charge in [-0.2, -0.15) is 0 Å². The van der Waals surface area contributed by atoms with Gasteiger partial charge in [-0.25, -0.2) is 0 Å². The fraction of sp³-hybridized carbons (Fsp3) is 0.500. The van der Waals surface area contributed by atoms with Crippen molar-refractivity contribution >= 4 is 17.4 Å². The molecule has 1 aromatic rings. The molecule has 0 bridgehead atoms. The number of hydrogen-bond acceptors (Lipinski definition) is 3. The summed E-state index contributed by atoms with van der Waals surface area (Å²) in [4.78, 5) is 0. The van der Waals surface area contributed by atoms with Crippen molar-refractivity contribution in [3.05, 3.63) is 34.9 Å². The number of nitrogens with zero attached hydrogens (tertiary/aromatic N) is 1. The van der Waals surface area contributed by atoms with Gasteiger partial charge in [0.15, 0.2) is 0 Å². The monoisotopic (exact) mass is 281 g/mol. The van der Waals surface area contributed by atoms with E-state index in [9.17, 15) is 0 Å². The molecule has 4 N–H and O–H groups in total. The zero-order valence-electron chi connectivity index (χ0n) is 11.1. The predicted molar refractivity (Wildman–Crippen MR) is 77.6 cm³/mol. The van der Waals surface area contributed by atoms with E-state index in [1.165, 1.54) is 0 Å². The van der Waals surface area contributed by atoms with Crippen LogP contribution in [0.15, 0.2) is 29.4 Å². The number of oxime groups is 1. The van der Waals surface area contributed by atoms with Crippen LogP contribution >= 0.6 is 11.6 Å². The largest absolute Gasteiger partial charge is 0.409 e. The summed E-state index contributed by atoms with van der Waals surface area (Å²) in [6.45, 7) is 2.95. The van der Waals surface area contributed by atoms with Crippen LogP contribution in [0.5, 0.6) is 0 Å². The Balaban J connectivity index is 1.91. The second kappa shape index (κ2) is 5.80. The molecule has 5 heteroatoms. The molecule has 0 aromatic heterocycles. The second-order valence-electron chi connectivity index (χ2n) is 5.39. The molecule has 0 aliphatic heterocycles. The highest BCUT2D eigenvalue weighted by Gasteiger charge is 2.43. The highest BCUT2D eigenvalue weighted by Crippen LogP contribution is 2.48. The Kier molecular flexibility index (Phi) is 4.32. The van der Waals surface area contributed by atoms with Crippen molar-refractivity contribution in [2.75, 3.05) is 6.54 Å². The number of amidine groups is 1. The van der Waals surface area contributed by atoms with Crippen LogP contribution in [0.2, 0.25) is 5.02 Å². The minimum atomic E-state index is 0.159. The predicted octanol–water partition coefficient (Wildman–Crippen LogP) is 2.91. The number of nitrogens with two attached hydrogens (primary N) is 1. The first-order chi connectivity index (χ1) is 9.06. The maximum Gasteiger partial charge on any atom is 0.139 e. The molecular weight excluding hydrogens is 262 g/mol. The molecule has 0 spiro atoms. The molecule has 1 aliphatic carbocycles. The number of benzene rings is 1. The van der Waals surface area contributed by atoms with Gasteiger partial charge in [0.05, 0.1) is 0 Å². The van der Waals surface area contributed by atoms with Crippen molar-refractivity contribution in [2.45, 2.75) is 32.2 Å². The van der Waals surface area contributed by atoms with Crippen molar-refractivity contribution in [3.63, 3.8) is 0 Å². The summed E-state index contributed by atoms with van der Waals surface area (Å²) < 4.78 is 0. The number of nitrogens with one attached hydrogen (secondary N) is 1. The smallest absolute Gasteiger partial charge is 0.139 e. The third-order valence-electron chi connectivity index (χ3n) is 3.80. The van der Waals surface area contributed by atoms with Gasteiger partial charge >= 0.3 is 0 Å². The van der Waals surface area contributed by atoms with Crippen LogP contribution in [0.25, 0.3) is 0 Å². The molecule has 104 valence electrons. The van der Waals surface area contributed by atoms with Crippen molar-refractivity contribution in [3.8, 4) is 0 Å². The van der Waals surface area contributed by atoms with Gasteiger partial charge in [-0.3, -0.25) is 0 Å². The Morgan fingerprint density at radius 1 is 1.53 bits per heavy atom. The Morgan fingerprint density at radius 2 is 2.21 bits per heavy atom. The summed E-state index contributed by atoms with van der Waals surface area (Å²) in [7, 11) is 0. The van der Waals surface area contributed by atoms with Crippen LogP contribution < -0.4 is 11.1 Å². The normalized spacial score (nSPS) is 19.2. The molecule has 1 aromatic carbocycles. The lowest BCUT2D eigenvalue weighted by Crippen LogP contribution is -2.30. The maximum atomic E-state index is 8.64. The molecule has 0 unspecified atom stereocenters. The molecule has 2 rings (SSSR count). The zero-order chi connectivity index (χ0) is 13.9. The Hall–Kier alpha value is -1.26. The van der Waals surface area contributed by atoms with Crippen LogP contribution in [0.1, 0.15) is 37.8 Å². The van der Waals surface area contributed by atoms with Crippen molar-refractivity contribution in [2.24, 2.45) is 16.3 Å². The Labute approximate surface area is 118 Å². The van der Waals surface area contributed by atoms with Crippen LogP contribution in [-0.2, 0) is 0 Å². The summed E-state index contributed by atoms with van der Waals surface area (Å²) in [5.74, 6) is 0.310. The van der Waals surface area contributed by atoms with Crippen LogP contribution in [-0.4, -0.2) is 17.6 Å². The SMILES string of the molecule is C[C@@H](NCC1(C/C(N)=N/O)CC1)c1ccccc1Cl. The molecular formula is C14H20ClN3O. The van der Waals surface area contributed by atoms with Crippen molar-refractivity contribution in [1.29, 1.82) is 0 Å². The third-order valence-corrected chi connectivity index (χ3v) is 4.14. The first-order valence-electron chi connectivity index (χ1n) is 6.50. The van der Waals surface area contributed by atoms with E-state index in [2.05, 4.69) is 17.4 Å². The van der Waals surface area contributed by atoms with Gasteiger partial charge in [-0.1, -0.05) is 35.0 Å². The Morgan fingerprint density at radius 3 is 2.79 bits per heavy atom. The zero-order valence-corrected chi connectivity index (χ0v) is 11.8. The minimum absolute atomic E-state index is 0.159. The third kappa shape index (κ3) is 3.61. The molecule has 4 nitrogen and oxygen atoms in total. The van der Waals surface area contributed by atoms with Gasteiger partial charge in [-0.05, 0) is 36.8 Å². The molecule has 1 atom stereocenters. The fourth-order valence-electron chi connectivity index (χ4n) is 2.32. The standard InChI is InChI=1S/C14H20ClN3O/c1-10(11-4-2-3-5-12(11)15)17-9-14(6-7-14)8-13(16)18-19/h2-5,10,17,19H,6-9H2,1H3,(H2,16,18)/t10-/m1/s1. The van der Waals surface area contributed by atoms with E-state index in [0.717, 1.165) is 30.0 Å². The summed E-state index contributed by atoms with van der Waals surface area (Å²) in [5, 5.41) is 16.0. The van der Waals surface area contributed by atoms with E-state index in [1.54, 1.807) is 0 Å². The maximum absolute atomic E-state index is 8.64. The first kappa shape index (κ1) is 14.2. The van der Waals surface area contributed by atoms with Gasteiger partial charge in [0.25, 0.3) is 0 Å². The van der Waals surface area contributed by atoms with E-state index in [1.807, 2.05) is 24.3 Å². The van der Waals surface area contributed by atoms with Gasteiger partial charge < -0.3 is 16.3 Å². The van der Waals surface area contributed by atoms with Crippen LogP contribution in [0.3, 0.4) is 0 Å². The van der Waals surface area contributed by atoms with Crippen LogP contribution in [0, 0.1) is 5.41 Å². The fourth-order valence-corrected chi connectivity index (χ4v) is 2.62. The average Bonchev–Trinajstić information content (AvgIpc) is 3.16. The van der Waals surface area contributed by atoms with E-state index >= 15 is 0 Å². The van der Waals surface area contributed by atoms with Gasteiger partial charge in [0.2, 0.25) is 0 Å². The van der Waals surface area contributed by atoms with E-state index in [0.29, 0.717) is 12.3 Å². The molecule has 0 radical (unpaired) electrons. The topological polar surface area (TPSA) is 70.6 Å². The van der Waals surface area contributed by atoms with E-state index < -0.39 is 0 Å². The van der Waals surface area contributed by atoms with Crippen molar-refractivity contribution < 1.29 is 5.21 Å². The average molecular weight is 282 g/mol. The highest BCUT2D eigenvalue weighted by molar-refractivity contribution is 6.31. The lowest BCUT2D eigenvalue weighted by molar-refractivity contribution is 0.313. The highest BCUT2D eigenvalue weighted by atomic mass is 35.5. The van der Waals surface area contributed by atoms with Crippen LogP contribution in [0.4, 0.5) is 0 Å². The summed E-state index contributed by atoms with van der Waals surface area (Å²) in [5.41, 5.74) is 6.85. The van der Waals surface area contributed by atoms with Gasteiger partial charge in [-0.15, -0.1) is 0 Å². The number of rotatable bonds is 6. The van der Waals surface area contributed by atoms with Crippen molar-refractivity contribution in [1.82, 2.24) is 5.32 Å². The lowest BCUT2D eigenvalue weighted by Gasteiger charge is -2.20. The number of halogens is 1. The van der Waals surface area contributed by atoms with Gasteiger partial charge in [0.1, 0.15) is 5.84 Å². The summed E-state index contributed by atoms with van der Waals surface area (Å²) in [6.07, 6.45) is 2.88. The number of hydrogen-bond donors (Lipinski definition) is 3. The molecule has 0 heterocycles. The molecule has 1 fully saturated rings. The van der Waals surface area contributed by atoms with E-state index in [-0.39, 0.29) is 11.5 Å². The summed E-state index contributed by atoms with van der Waals surface area (Å²) >= 11 is 6.18. The summed E-state index contributed by atoms with van der Waals surface area (Å²) in [6, 6.07) is 8.04. The van der Waals surface area contributed by atoms with E-state index in [4.69, 9.17) is 22.5 Å². The molecule has 0 amide bonds. The Bertz CT molecular complexity index is 472. The van der Waals surface area contributed by atoms with Gasteiger partial charge in [0, 0.05) is 24.0 Å². The lowest BCUT2D eigenvalue weighted by atomic mass is 10.0. The molecule has 1 saturated carbocycles. The molecule has 0 saturated heterocycles. The molecule has 1 aliphatic rings. The minimum Gasteiger partial charge on any atom is -0.409 e. The first-order valence-corrected chi connectivity index (χ1v) is 6.88. The quantitative estimate of drug-likeness (QED) is 0.325. The molecule has 19 heavy (non-hydrogen) atoms. The second-order valence-corrected chi connectivity index (χ2v) is 5.80.